The number of nitrogens with one attached hydrogen (secondary N) is 4. The molecule has 1 aliphatic rings. The maximum atomic E-state index is 12.6. The number of ether oxygens (including phenoxy) is 2. The Hall–Kier alpha value is -2.14. The Labute approximate surface area is 157 Å². The largest absolute Gasteiger partial charge is 0.493 e. The second kappa shape index (κ2) is 7.47. The summed E-state index contributed by atoms with van der Waals surface area (Å²) in [7, 11) is -0.585. The van der Waals surface area contributed by atoms with Crippen LogP contribution in [0.3, 0.4) is 0 Å². The molecule has 1 aromatic carbocycles. The molecule has 0 saturated carbocycles. The average molecular weight is 396 g/mol. The molecule has 0 amide bonds. The predicted molar refractivity (Wildman–Crippen MR) is 102 cm³/mol. The monoisotopic (exact) mass is 396 g/mol. The Balaban J connectivity index is 1.89. The van der Waals surface area contributed by atoms with E-state index >= 15 is 0 Å². The van der Waals surface area contributed by atoms with Crippen LogP contribution in [0.4, 0.5) is 0 Å². The number of methoxy groups -OCH3 is 2. The first-order valence-electron chi connectivity index (χ1n) is 8.54. The fourth-order valence-electron chi connectivity index (χ4n) is 3.38. The smallest absolute Gasteiger partial charge is 0.252 e. The topological polar surface area (TPSA) is 122 Å². The zero-order valence-corrected chi connectivity index (χ0v) is 16.4. The van der Waals surface area contributed by atoms with Gasteiger partial charge in [-0.15, -0.1) is 0 Å². The maximum Gasteiger partial charge on any atom is 0.252 e. The lowest BCUT2D eigenvalue weighted by molar-refractivity contribution is 0.356. The Morgan fingerprint density at radius 1 is 1.04 bits per heavy atom. The number of benzene rings is 1. The van der Waals surface area contributed by atoms with Crippen molar-refractivity contribution in [2.45, 2.75) is 37.7 Å². The van der Waals surface area contributed by atoms with Crippen molar-refractivity contribution in [3.05, 3.63) is 34.1 Å². The number of aromatic amines is 1. The van der Waals surface area contributed by atoms with Crippen LogP contribution in [-0.2, 0) is 16.6 Å². The van der Waals surface area contributed by atoms with Crippen LogP contribution in [0.15, 0.2) is 23.0 Å². The van der Waals surface area contributed by atoms with Crippen molar-refractivity contribution in [1.29, 1.82) is 0 Å². The van der Waals surface area contributed by atoms with Crippen molar-refractivity contribution < 1.29 is 17.9 Å². The summed E-state index contributed by atoms with van der Waals surface area (Å²) in [6, 6.07) is 4.56. The molecule has 1 fully saturated rings. The van der Waals surface area contributed by atoms with Crippen LogP contribution in [0.1, 0.15) is 19.4 Å². The van der Waals surface area contributed by atoms with Crippen LogP contribution in [-0.4, -0.2) is 45.0 Å². The Bertz CT molecular complexity index is 994. The van der Waals surface area contributed by atoms with Gasteiger partial charge in [0.15, 0.2) is 11.5 Å². The number of fused-ring (bicyclic) bond motifs is 1. The summed E-state index contributed by atoms with van der Waals surface area (Å²) in [5, 5.41) is 0.0776. The van der Waals surface area contributed by atoms with Crippen molar-refractivity contribution in [3.8, 4) is 11.5 Å². The van der Waals surface area contributed by atoms with Crippen LogP contribution >= 0.6 is 0 Å². The molecule has 0 radical (unpaired) electrons. The van der Waals surface area contributed by atoms with Gasteiger partial charge in [-0.1, -0.05) is 0 Å². The van der Waals surface area contributed by atoms with E-state index in [4.69, 9.17) is 9.47 Å². The van der Waals surface area contributed by atoms with Gasteiger partial charge < -0.3 is 14.5 Å². The molecule has 4 N–H and O–H groups in total. The highest BCUT2D eigenvalue weighted by atomic mass is 32.2. The van der Waals surface area contributed by atoms with E-state index in [1.165, 1.54) is 14.2 Å². The normalized spacial score (nSPS) is 22.9. The molecule has 1 aliphatic heterocycles. The zero-order chi connectivity index (χ0) is 19.8. The van der Waals surface area contributed by atoms with E-state index in [-0.39, 0.29) is 24.2 Å². The molecule has 0 aliphatic carbocycles. The van der Waals surface area contributed by atoms with Crippen LogP contribution < -0.4 is 30.6 Å². The van der Waals surface area contributed by atoms with Gasteiger partial charge in [0, 0.05) is 35.6 Å². The van der Waals surface area contributed by atoms with Gasteiger partial charge >= 0.3 is 0 Å². The molecule has 2 unspecified atom stereocenters. The van der Waals surface area contributed by atoms with Gasteiger partial charge in [0.05, 0.1) is 19.7 Å². The highest BCUT2D eigenvalue weighted by Gasteiger charge is 2.40. The predicted octanol–water partition coefficient (Wildman–Crippen LogP) is 0.218. The van der Waals surface area contributed by atoms with Gasteiger partial charge in [-0.3, -0.25) is 15.6 Å². The minimum absolute atomic E-state index is 0.0993. The lowest BCUT2D eigenvalue weighted by Crippen LogP contribution is -2.44. The van der Waals surface area contributed by atoms with E-state index in [9.17, 15) is 13.2 Å². The van der Waals surface area contributed by atoms with Gasteiger partial charge in [0.2, 0.25) is 10.0 Å². The van der Waals surface area contributed by atoms with E-state index in [1.807, 2.05) is 0 Å². The van der Waals surface area contributed by atoms with Gasteiger partial charge in [-0.25, -0.2) is 13.1 Å². The zero-order valence-electron chi connectivity index (χ0n) is 15.6. The summed E-state index contributed by atoms with van der Waals surface area (Å²) < 4.78 is 38.4. The summed E-state index contributed by atoms with van der Waals surface area (Å²) in [4.78, 5) is 15.1. The second-order valence-corrected chi connectivity index (χ2v) is 8.54. The minimum atomic E-state index is -3.62. The first-order valence-corrected chi connectivity index (χ1v) is 10.1. The van der Waals surface area contributed by atoms with Crippen LogP contribution in [0.5, 0.6) is 11.5 Å². The first kappa shape index (κ1) is 19.6. The number of pyridine rings is 1. The Morgan fingerprint density at radius 3 is 2.22 bits per heavy atom. The van der Waals surface area contributed by atoms with E-state index in [0.717, 1.165) is 0 Å². The van der Waals surface area contributed by atoms with Crippen LogP contribution in [0, 0.1) is 0 Å². The number of aromatic nitrogens is 1. The highest BCUT2D eigenvalue weighted by Crippen LogP contribution is 2.31. The van der Waals surface area contributed by atoms with E-state index in [0.29, 0.717) is 28.0 Å². The highest BCUT2D eigenvalue weighted by molar-refractivity contribution is 7.90. The second-order valence-electron chi connectivity index (χ2n) is 6.61. The number of hydrazine groups is 1. The number of rotatable bonds is 6. The van der Waals surface area contributed by atoms with E-state index in [1.54, 1.807) is 32.0 Å². The lowest BCUT2D eigenvalue weighted by Gasteiger charge is -2.19. The molecule has 3 rings (SSSR count). The third kappa shape index (κ3) is 3.79. The molecule has 2 heterocycles. The Kier molecular flexibility index (Phi) is 5.43. The number of hydrogen-bond donors (Lipinski definition) is 4. The molecule has 1 saturated heterocycles. The summed E-state index contributed by atoms with van der Waals surface area (Å²) in [5.74, 6) is 1.02. The summed E-state index contributed by atoms with van der Waals surface area (Å²) >= 11 is 0. The molecular weight excluding hydrogens is 372 g/mol. The fraction of sp³-hybridized carbons (Fsp3) is 0.471. The first-order chi connectivity index (χ1) is 12.8. The number of sulfonamides is 1. The molecule has 2 aromatic rings. The van der Waals surface area contributed by atoms with Gasteiger partial charge in [0.1, 0.15) is 5.25 Å². The SMILES string of the molecule is COc1cc2cc(CNS(=O)(=O)C3C(C)NNC3C)c(=O)[nH]c2cc1OC. The molecule has 0 spiro atoms. The third-order valence-electron chi connectivity index (χ3n) is 4.77. The van der Waals surface area contributed by atoms with Crippen molar-refractivity contribution in [3.63, 3.8) is 0 Å². The maximum absolute atomic E-state index is 12.6. The number of hydrogen-bond acceptors (Lipinski definition) is 7. The van der Waals surface area contributed by atoms with Crippen LogP contribution in [0.25, 0.3) is 10.9 Å². The van der Waals surface area contributed by atoms with E-state index in [2.05, 4.69) is 20.6 Å². The van der Waals surface area contributed by atoms with E-state index < -0.39 is 15.3 Å². The van der Waals surface area contributed by atoms with Crippen molar-refractivity contribution in [2.24, 2.45) is 0 Å². The summed E-state index contributed by atoms with van der Waals surface area (Å²) in [6.45, 7) is 3.49. The quantitative estimate of drug-likeness (QED) is 0.551. The molecule has 10 heteroatoms. The summed E-state index contributed by atoms with van der Waals surface area (Å²) in [5.41, 5.74) is 6.38. The lowest BCUT2D eigenvalue weighted by atomic mass is 10.1. The summed E-state index contributed by atoms with van der Waals surface area (Å²) in [6.07, 6.45) is 0. The molecule has 1 aromatic heterocycles. The number of H-pyrrole nitrogens is 1. The van der Waals surface area contributed by atoms with Crippen molar-refractivity contribution in [2.75, 3.05) is 14.2 Å². The molecule has 148 valence electrons. The molecule has 27 heavy (non-hydrogen) atoms. The molecule has 0 bridgehead atoms. The van der Waals surface area contributed by atoms with Gasteiger partial charge in [-0.05, 0) is 26.0 Å². The molecular formula is C17H24N4O5S. The molecule has 2 atom stereocenters. The minimum Gasteiger partial charge on any atom is -0.493 e. The third-order valence-corrected chi connectivity index (χ3v) is 6.85. The van der Waals surface area contributed by atoms with Gasteiger partial charge in [0.25, 0.3) is 5.56 Å². The standard InChI is InChI=1S/C17H24N4O5S/c1-9-16(10(2)21-20-9)27(23,24)18-8-12-5-11-6-14(25-3)15(26-4)7-13(11)19-17(12)22/h5-7,9-10,16,18,20-21H,8H2,1-4H3,(H,19,22). The Morgan fingerprint density at radius 2 is 1.63 bits per heavy atom. The van der Waals surface area contributed by atoms with Gasteiger partial charge in [-0.2, -0.15) is 0 Å². The fourth-order valence-corrected chi connectivity index (χ4v) is 5.14. The average Bonchev–Trinajstić information content (AvgIpc) is 2.98. The van der Waals surface area contributed by atoms with Crippen LogP contribution in [0.2, 0.25) is 0 Å². The van der Waals surface area contributed by atoms with Crippen molar-refractivity contribution >= 4 is 20.9 Å². The molecule has 9 nitrogen and oxygen atoms in total. The van der Waals surface area contributed by atoms with Crippen molar-refractivity contribution in [1.82, 2.24) is 20.6 Å².